The minimum atomic E-state index is -0.291. The number of hydrogen-bond acceptors (Lipinski definition) is 6. The maximum absolute atomic E-state index is 12.6. The Morgan fingerprint density at radius 1 is 1.24 bits per heavy atom. The average molecular weight is 501 g/mol. The molecule has 4 heterocycles. The van der Waals surface area contributed by atoms with Crippen LogP contribution in [0.1, 0.15) is 64.2 Å². The third-order valence-electron chi connectivity index (χ3n) is 7.73. The molecule has 9 heteroatoms. The van der Waals surface area contributed by atoms with Gasteiger partial charge in [-0.15, -0.1) is 0 Å². The molecule has 2 aliphatic heterocycles. The van der Waals surface area contributed by atoms with Crippen LogP contribution in [-0.2, 0) is 25.9 Å². The number of benzene rings is 1. The molecule has 1 saturated heterocycles. The van der Waals surface area contributed by atoms with E-state index in [4.69, 9.17) is 4.74 Å². The van der Waals surface area contributed by atoms with Crippen molar-refractivity contribution in [1.29, 1.82) is 0 Å². The summed E-state index contributed by atoms with van der Waals surface area (Å²) < 4.78 is 7.90. The van der Waals surface area contributed by atoms with Gasteiger partial charge < -0.3 is 9.30 Å². The number of rotatable bonds is 7. The number of carbonyl (C=O) groups is 1. The second kappa shape index (κ2) is 9.97. The summed E-state index contributed by atoms with van der Waals surface area (Å²) >= 11 is 0. The number of nitrogens with zero attached hydrogens (tertiary/aromatic N) is 4. The van der Waals surface area contributed by atoms with E-state index < -0.39 is 0 Å². The summed E-state index contributed by atoms with van der Waals surface area (Å²) in [5.41, 5.74) is 8.37. The molecule has 6 rings (SSSR count). The average Bonchev–Trinajstić information content (AvgIpc) is 3.51. The molecule has 1 amide bonds. The summed E-state index contributed by atoms with van der Waals surface area (Å²) in [6, 6.07) is 11.6. The topological polar surface area (TPSA) is 105 Å². The van der Waals surface area contributed by atoms with Gasteiger partial charge in [-0.1, -0.05) is 6.07 Å². The van der Waals surface area contributed by atoms with Gasteiger partial charge >= 0.3 is 0 Å². The molecule has 3 aromatic rings. The Morgan fingerprint density at radius 2 is 2.16 bits per heavy atom. The molecule has 2 aromatic heterocycles. The minimum absolute atomic E-state index is 0.107. The molecule has 3 aliphatic rings. The summed E-state index contributed by atoms with van der Waals surface area (Å²) in [6.45, 7) is 5.98. The van der Waals surface area contributed by atoms with Gasteiger partial charge in [-0.05, 0) is 68.4 Å². The Bertz CT molecular complexity index is 1410. The van der Waals surface area contributed by atoms with Crippen molar-refractivity contribution in [2.45, 2.75) is 51.6 Å². The van der Waals surface area contributed by atoms with E-state index >= 15 is 0 Å². The van der Waals surface area contributed by atoms with E-state index in [-0.39, 0.29) is 11.5 Å². The van der Waals surface area contributed by atoms with Crippen LogP contribution >= 0.6 is 0 Å². The number of hydrogen-bond donors (Lipinski definition) is 2. The third kappa shape index (κ3) is 4.71. The Balaban J connectivity index is 1.16. The molecule has 1 fully saturated rings. The lowest BCUT2D eigenvalue weighted by Gasteiger charge is -2.43. The van der Waals surface area contributed by atoms with Gasteiger partial charge in [0.25, 0.3) is 11.5 Å². The summed E-state index contributed by atoms with van der Waals surface area (Å²) in [7, 11) is 0. The number of pyridine rings is 1. The first kappa shape index (κ1) is 23.7. The van der Waals surface area contributed by atoms with Crippen molar-refractivity contribution >= 4 is 12.1 Å². The van der Waals surface area contributed by atoms with Gasteiger partial charge in [0, 0.05) is 60.7 Å². The fraction of sp³-hybridized carbons (Fsp3) is 0.429. The molecule has 2 atom stereocenters. The predicted molar refractivity (Wildman–Crippen MR) is 140 cm³/mol. The van der Waals surface area contributed by atoms with E-state index in [1.807, 2.05) is 29.7 Å². The molecular weight excluding hydrogens is 468 g/mol. The van der Waals surface area contributed by atoms with Crippen LogP contribution in [-0.4, -0.2) is 51.5 Å². The maximum atomic E-state index is 12.6. The molecule has 1 aromatic carbocycles. The highest BCUT2D eigenvalue weighted by atomic mass is 16.5. The van der Waals surface area contributed by atoms with E-state index in [0.29, 0.717) is 24.1 Å². The minimum Gasteiger partial charge on any atom is -0.494 e. The zero-order valence-corrected chi connectivity index (χ0v) is 21.1. The Labute approximate surface area is 215 Å². The first-order valence-corrected chi connectivity index (χ1v) is 13.2. The number of aromatic nitrogens is 3. The van der Waals surface area contributed by atoms with Gasteiger partial charge in [0.2, 0.25) is 0 Å². The molecule has 2 N–H and O–H groups in total. The van der Waals surface area contributed by atoms with Crippen molar-refractivity contribution in [2.75, 3.05) is 19.7 Å². The molecule has 0 spiro atoms. The smallest absolute Gasteiger partial charge is 0.292 e. The van der Waals surface area contributed by atoms with Crippen LogP contribution in [0.3, 0.4) is 0 Å². The molecule has 0 unspecified atom stereocenters. The van der Waals surface area contributed by atoms with Gasteiger partial charge in [0.1, 0.15) is 5.75 Å². The number of fused-ring (bicyclic) bond motifs is 5. The van der Waals surface area contributed by atoms with E-state index in [9.17, 15) is 9.59 Å². The second-order valence-electron chi connectivity index (χ2n) is 10.3. The van der Waals surface area contributed by atoms with Crippen molar-refractivity contribution < 1.29 is 9.53 Å². The number of hydrazone groups is 1. The Hall–Kier alpha value is -3.72. The van der Waals surface area contributed by atoms with Gasteiger partial charge in [-0.2, -0.15) is 10.2 Å². The highest BCUT2D eigenvalue weighted by molar-refractivity contribution is 5.94. The Morgan fingerprint density at radius 3 is 3.05 bits per heavy atom. The predicted octanol–water partition coefficient (Wildman–Crippen LogP) is 2.84. The van der Waals surface area contributed by atoms with E-state index in [1.165, 1.54) is 0 Å². The van der Waals surface area contributed by atoms with Crippen LogP contribution in [0, 0.1) is 5.92 Å². The second-order valence-corrected chi connectivity index (χ2v) is 10.3. The fourth-order valence-electron chi connectivity index (χ4n) is 6.19. The monoisotopic (exact) mass is 500 g/mol. The largest absolute Gasteiger partial charge is 0.494 e. The first-order chi connectivity index (χ1) is 18.1. The number of carbonyl (C=O) groups excluding carboxylic acids is 1. The molecule has 37 heavy (non-hydrogen) atoms. The van der Waals surface area contributed by atoms with Crippen LogP contribution in [0.4, 0.5) is 0 Å². The quantitative estimate of drug-likeness (QED) is 0.384. The van der Waals surface area contributed by atoms with Crippen molar-refractivity contribution in [2.24, 2.45) is 11.0 Å². The zero-order valence-electron chi connectivity index (χ0n) is 21.1. The fourth-order valence-corrected chi connectivity index (χ4v) is 6.19. The van der Waals surface area contributed by atoms with E-state index in [0.717, 1.165) is 85.7 Å². The third-order valence-corrected chi connectivity index (χ3v) is 7.73. The molecule has 9 nitrogen and oxygen atoms in total. The van der Waals surface area contributed by atoms with Crippen molar-refractivity contribution in [3.63, 3.8) is 0 Å². The summed E-state index contributed by atoms with van der Waals surface area (Å²) in [4.78, 5) is 27.4. The van der Waals surface area contributed by atoms with Crippen LogP contribution in [0.5, 0.6) is 5.75 Å². The zero-order chi connectivity index (χ0) is 25.4. The number of H-pyrrole nitrogens is 1. The summed E-state index contributed by atoms with van der Waals surface area (Å²) in [6.07, 6.45) is 5.66. The SMILES string of the molecule is CCOc1ccc(/C=N\NC(=O)c2n[nH]c3c2CCC3)cc1CN1C[C@H]2C[C@@H](C1)c1cccc(=O)n1C2. The summed E-state index contributed by atoms with van der Waals surface area (Å²) in [5, 5.41) is 11.3. The number of piperidine rings is 1. The van der Waals surface area contributed by atoms with Gasteiger partial charge in [-0.3, -0.25) is 19.6 Å². The molecule has 1 aliphatic carbocycles. The van der Waals surface area contributed by atoms with Gasteiger partial charge in [0.05, 0.1) is 12.8 Å². The van der Waals surface area contributed by atoms with E-state index in [2.05, 4.69) is 37.8 Å². The number of amides is 1. The van der Waals surface area contributed by atoms with Crippen LogP contribution in [0.15, 0.2) is 46.3 Å². The lowest BCUT2D eigenvalue weighted by atomic mass is 9.83. The van der Waals surface area contributed by atoms with E-state index in [1.54, 1.807) is 12.3 Å². The number of aryl methyl sites for hydroxylation is 1. The van der Waals surface area contributed by atoms with Gasteiger partial charge in [0.15, 0.2) is 5.69 Å². The first-order valence-electron chi connectivity index (χ1n) is 13.2. The van der Waals surface area contributed by atoms with Crippen molar-refractivity contribution in [1.82, 2.24) is 25.1 Å². The lowest BCUT2D eigenvalue weighted by Crippen LogP contribution is -2.46. The van der Waals surface area contributed by atoms with Crippen molar-refractivity contribution in [3.05, 3.63) is 80.5 Å². The standard InChI is InChI=1S/C28H32N6O3/c1-2-37-25-10-9-18(13-29-32-28(36)27-22-5-3-6-23(22)30-31-27)11-21(25)17-33-14-19-12-20(16-33)24-7-4-8-26(35)34(24)15-19/h4,7-11,13,19-20H,2-3,5-6,12,14-17H2,1H3,(H,30,31)(H,32,36)/b29-13-/t19-,20+/m1/s1. The Kier molecular flexibility index (Phi) is 6.38. The number of aromatic amines is 1. The van der Waals surface area contributed by atoms with Crippen molar-refractivity contribution in [3.8, 4) is 5.75 Å². The molecule has 0 radical (unpaired) electrons. The van der Waals surface area contributed by atoms with Gasteiger partial charge in [-0.25, -0.2) is 5.43 Å². The highest BCUT2D eigenvalue weighted by Gasteiger charge is 2.34. The molecule has 192 valence electrons. The van der Waals surface area contributed by atoms with Crippen LogP contribution < -0.4 is 15.7 Å². The lowest BCUT2D eigenvalue weighted by molar-refractivity contribution is 0.0949. The number of nitrogens with one attached hydrogen (secondary N) is 2. The maximum Gasteiger partial charge on any atom is 0.292 e. The molecule has 0 saturated carbocycles. The highest BCUT2D eigenvalue weighted by Crippen LogP contribution is 2.36. The molecule has 2 bridgehead atoms. The number of likely N-dealkylation sites (tertiary alicyclic amines) is 1. The molecular formula is C28H32N6O3. The van der Waals surface area contributed by atoms with Crippen LogP contribution in [0.2, 0.25) is 0 Å². The number of ether oxygens (including phenoxy) is 1. The normalized spacial score (nSPS) is 20.6. The van der Waals surface area contributed by atoms with Crippen LogP contribution in [0.25, 0.3) is 0 Å². The summed E-state index contributed by atoms with van der Waals surface area (Å²) in [5.74, 6) is 1.40.